The Morgan fingerprint density at radius 2 is 1.84 bits per heavy atom. The molecule has 0 spiro atoms. The van der Waals surface area contributed by atoms with Crippen molar-refractivity contribution in [2.24, 2.45) is 0 Å². The monoisotopic (exact) mass is 451 g/mol. The summed E-state index contributed by atoms with van der Waals surface area (Å²) in [5.74, 6) is -0.342. The van der Waals surface area contributed by atoms with Crippen LogP contribution in [0.3, 0.4) is 0 Å². The van der Waals surface area contributed by atoms with Crippen molar-refractivity contribution in [1.29, 1.82) is 0 Å². The number of fused-ring (bicyclic) bond motifs is 1. The molecule has 0 saturated carbocycles. The van der Waals surface area contributed by atoms with Crippen LogP contribution >= 0.6 is 11.6 Å². The zero-order valence-electron chi connectivity index (χ0n) is 17.2. The molecule has 0 aliphatic heterocycles. The third kappa shape index (κ3) is 4.84. The molecule has 1 N–H and O–H groups in total. The standard InChI is InChI=1S/C22H18ClN5O4/c1-13-10-14(2)28-22(24-13)26-20(27-28)21(30)31-12-19(29)25-17-11-15(23)8-9-18(17)32-16-6-4-3-5-7-16/h3-11H,12H2,1-2H3,(H,25,29). The number of nitrogens with one attached hydrogen (secondary N) is 1. The van der Waals surface area contributed by atoms with Crippen LogP contribution < -0.4 is 10.1 Å². The quantitative estimate of drug-likeness (QED) is 0.441. The lowest BCUT2D eigenvalue weighted by Gasteiger charge is -2.12. The number of aryl methyl sites for hydroxylation is 2. The highest BCUT2D eigenvalue weighted by atomic mass is 35.5. The van der Waals surface area contributed by atoms with Gasteiger partial charge in [0.1, 0.15) is 5.75 Å². The van der Waals surface area contributed by atoms with Crippen molar-refractivity contribution in [3.8, 4) is 11.5 Å². The van der Waals surface area contributed by atoms with Crippen molar-refractivity contribution in [3.63, 3.8) is 0 Å². The normalized spacial score (nSPS) is 10.7. The summed E-state index contributed by atoms with van der Waals surface area (Å²) >= 11 is 6.06. The van der Waals surface area contributed by atoms with Crippen LogP contribution in [0.1, 0.15) is 22.0 Å². The molecule has 0 atom stereocenters. The van der Waals surface area contributed by atoms with Gasteiger partial charge in [-0.1, -0.05) is 29.8 Å². The Labute approximate surface area is 188 Å². The number of aromatic nitrogens is 4. The van der Waals surface area contributed by atoms with E-state index >= 15 is 0 Å². The average Bonchev–Trinajstić information content (AvgIpc) is 3.19. The second kappa shape index (κ2) is 9.03. The van der Waals surface area contributed by atoms with E-state index in [4.69, 9.17) is 21.1 Å². The van der Waals surface area contributed by atoms with E-state index in [-0.39, 0.29) is 11.6 Å². The van der Waals surface area contributed by atoms with Gasteiger partial charge in [0.05, 0.1) is 5.69 Å². The number of carbonyl (C=O) groups excluding carboxylic acids is 2. The zero-order valence-corrected chi connectivity index (χ0v) is 18.0. The van der Waals surface area contributed by atoms with E-state index in [1.165, 1.54) is 4.52 Å². The number of nitrogens with zero attached hydrogens (tertiary/aromatic N) is 4. The molecule has 2 aromatic heterocycles. The van der Waals surface area contributed by atoms with E-state index in [0.29, 0.717) is 22.2 Å². The lowest BCUT2D eigenvalue weighted by molar-refractivity contribution is -0.119. The summed E-state index contributed by atoms with van der Waals surface area (Å²) in [6, 6.07) is 15.7. The van der Waals surface area contributed by atoms with E-state index in [2.05, 4.69) is 20.4 Å². The number of hydrogen-bond acceptors (Lipinski definition) is 7. The predicted octanol–water partition coefficient (Wildman–Crippen LogP) is 3.98. The maximum atomic E-state index is 12.4. The van der Waals surface area contributed by atoms with Gasteiger partial charge in [-0.3, -0.25) is 4.79 Å². The fourth-order valence-corrected chi connectivity index (χ4v) is 3.11. The van der Waals surface area contributed by atoms with E-state index in [9.17, 15) is 9.59 Å². The van der Waals surface area contributed by atoms with Crippen LogP contribution in [0.25, 0.3) is 5.78 Å². The van der Waals surface area contributed by atoms with Crippen LogP contribution in [-0.2, 0) is 9.53 Å². The van der Waals surface area contributed by atoms with Crippen LogP contribution in [0.5, 0.6) is 11.5 Å². The van der Waals surface area contributed by atoms with E-state index in [1.807, 2.05) is 38.1 Å². The van der Waals surface area contributed by atoms with Crippen LogP contribution in [0, 0.1) is 13.8 Å². The van der Waals surface area contributed by atoms with Crippen molar-refractivity contribution < 1.29 is 19.1 Å². The van der Waals surface area contributed by atoms with Crippen LogP contribution in [0.15, 0.2) is 54.6 Å². The lowest BCUT2D eigenvalue weighted by atomic mass is 10.2. The second-order valence-electron chi connectivity index (χ2n) is 6.87. The lowest BCUT2D eigenvalue weighted by Crippen LogP contribution is -2.21. The highest BCUT2D eigenvalue weighted by Gasteiger charge is 2.18. The Morgan fingerprint density at radius 1 is 1.06 bits per heavy atom. The predicted molar refractivity (Wildman–Crippen MR) is 117 cm³/mol. The molecule has 0 aliphatic carbocycles. The molecule has 0 saturated heterocycles. The number of amides is 1. The van der Waals surface area contributed by atoms with Gasteiger partial charge in [0.25, 0.3) is 17.5 Å². The molecule has 0 radical (unpaired) electrons. The Balaban J connectivity index is 1.42. The molecule has 1 amide bonds. The summed E-state index contributed by atoms with van der Waals surface area (Å²) in [4.78, 5) is 33.0. The highest BCUT2D eigenvalue weighted by Crippen LogP contribution is 2.32. The fourth-order valence-electron chi connectivity index (χ4n) is 2.94. The van der Waals surface area contributed by atoms with Crippen molar-refractivity contribution in [1.82, 2.24) is 19.6 Å². The molecule has 0 bridgehead atoms. The number of ether oxygens (including phenoxy) is 2. The van der Waals surface area contributed by atoms with Crippen molar-refractivity contribution in [3.05, 3.63) is 76.8 Å². The van der Waals surface area contributed by atoms with Crippen molar-refractivity contribution >= 4 is 34.9 Å². The molecule has 32 heavy (non-hydrogen) atoms. The first-order chi connectivity index (χ1) is 15.4. The third-order valence-corrected chi connectivity index (χ3v) is 4.56. The average molecular weight is 452 g/mol. The molecule has 4 rings (SSSR count). The van der Waals surface area contributed by atoms with Gasteiger partial charge in [0.15, 0.2) is 12.4 Å². The van der Waals surface area contributed by atoms with Gasteiger partial charge in [-0.15, -0.1) is 5.10 Å². The molecule has 162 valence electrons. The number of carbonyl (C=O) groups is 2. The zero-order chi connectivity index (χ0) is 22.7. The minimum Gasteiger partial charge on any atom is -0.455 e. The third-order valence-electron chi connectivity index (χ3n) is 4.32. The van der Waals surface area contributed by atoms with E-state index < -0.39 is 18.5 Å². The molecule has 9 nitrogen and oxygen atoms in total. The molecule has 2 heterocycles. The van der Waals surface area contributed by atoms with Gasteiger partial charge >= 0.3 is 5.97 Å². The Kier molecular flexibility index (Phi) is 6.00. The smallest absolute Gasteiger partial charge is 0.378 e. The first-order valence-electron chi connectivity index (χ1n) is 9.59. The largest absolute Gasteiger partial charge is 0.455 e. The van der Waals surface area contributed by atoms with Crippen LogP contribution in [-0.4, -0.2) is 38.1 Å². The number of anilines is 1. The minimum absolute atomic E-state index is 0.185. The van der Waals surface area contributed by atoms with Crippen molar-refractivity contribution in [2.75, 3.05) is 11.9 Å². The summed E-state index contributed by atoms with van der Waals surface area (Å²) in [6.45, 7) is 3.09. The van der Waals surface area contributed by atoms with Gasteiger partial charge in [0.2, 0.25) is 0 Å². The number of benzene rings is 2. The minimum atomic E-state index is -0.838. The van der Waals surface area contributed by atoms with Gasteiger partial charge < -0.3 is 14.8 Å². The molecule has 4 aromatic rings. The van der Waals surface area contributed by atoms with Crippen LogP contribution in [0.4, 0.5) is 5.69 Å². The fraction of sp³-hybridized carbons (Fsp3) is 0.136. The number of esters is 1. The topological polar surface area (TPSA) is 108 Å². The summed E-state index contributed by atoms with van der Waals surface area (Å²) in [5, 5.41) is 7.13. The van der Waals surface area contributed by atoms with Crippen molar-refractivity contribution in [2.45, 2.75) is 13.8 Å². The van der Waals surface area contributed by atoms with Crippen LogP contribution in [0.2, 0.25) is 5.02 Å². The Morgan fingerprint density at radius 3 is 2.62 bits per heavy atom. The SMILES string of the molecule is Cc1cc(C)n2nc(C(=O)OCC(=O)Nc3cc(Cl)ccc3Oc3ccccc3)nc2n1. The maximum absolute atomic E-state index is 12.4. The Hall–Kier alpha value is -3.98. The van der Waals surface area contributed by atoms with Gasteiger partial charge in [-0.2, -0.15) is 4.98 Å². The van der Waals surface area contributed by atoms with Gasteiger partial charge in [-0.05, 0) is 50.2 Å². The number of hydrogen-bond donors (Lipinski definition) is 1. The first-order valence-corrected chi connectivity index (χ1v) is 9.97. The molecular weight excluding hydrogens is 434 g/mol. The highest BCUT2D eigenvalue weighted by molar-refractivity contribution is 6.31. The maximum Gasteiger partial charge on any atom is 0.378 e. The molecule has 0 aliphatic rings. The second-order valence-corrected chi connectivity index (χ2v) is 7.30. The molecular formula is C22H18ClN5O4. The number of rotatable bonds is 6. The van der Waals surface area contributed by atoms with Gasteiger partial charge in [-0.25, -0.2) is 14.3 Å². The molecule has 10 heteroatoms. The van der Waals surface area contributed by atoms with E-state index in [0.717, 1.165) is 11.4 Å². The summed E-state index contributed by atoms with van der Waals surface area (Å²) < 4.78 is 12.3. The number of para-hydroxylation sites is 1. The summed E-state index contributed by atoms with van der Waals surface area (Å²) in [5.41, 5.74) is 1.85. The molecule has 0 unspecified atom stereocenters. The summed E-state index contributed by atoms with van der Waals surface area (Å²) in [6.07, 6.45) is 0. The molecule has 0 fully saturated rings. The van der Waals surface area contributed by atoms with E-state index in [1.54, 1.807) is 30.3 Å². The first kappa shape index (κ1) is 21.3. The summed E-state index contributed by atoms with van der Waals surface area (Å²) in [7, 11) is 0. The number of halogens is 1. The van der Waals surface area contributed by atoms with Gasteiger partial charge in [0, 0.05) is 16.4 Å². The Bertz CT molecular complexity index is 1310. The molecule has 2 aromatic carbocycles.